The molecule has 7 nitrogen and oxygen atoms in total. The van der Waals surface area contributed by atoms with Gasteiger partial charge >= 0.3 is 5.97 Å². The Balaban J connectivity index is 2.12. The Kier molecular flexibility index (Phi) is 7.04. The first kappa shape index (κ1) is 20.5. The smallest absolute Gasteiger partial charge is 0.325 e. The summed E-state index contributed by atoms with van der Waals surface area (Å²) >= 11 is 0. The highest BCUT2D eigenvalue weighted by atomic mass is 16.5. The van der Waals surface area contributed by atoms with Crippen molar-refractivity contribution in [3.63, 3.8) is 0 Å². The van der Waals surface area contributed by atoms with Crippen molar-refractivity contribution < 1.29 is 29.6 Å². The van der Waals surface area contributed by atoms with Gasteiger partial charge < -0.3 is 24.8 Å². The topological polar surface area (TPSA) is 108 Å². The number of ether oxygens (including phenoxy) is 2. The van der Waals surface area contributed by atoms with E-state index in [4.69, 9.17) is 9.47 Å². The van der Waals surface area contributed by atoms with Crippen LogP contribution in [0.5, 0.6) is 17.2 Å². The second-order valence-electron chi connectivity index (χ2n) is 6.31. The number of aliphatic hydroxyl groups is 1. The zero-order chi connectivity index (χ0) is 20.0. The molecule has 0 fully saturated rings. The van der Waals surface area contributed by atoms with Crippen molar-refractivity contribution in [3.8, 4) is 17.2 Å². The minimum absolute atomic E-state index is 0.150. The van der Waals surface area contributed by atoms with Gasteiger partial charge in [-0.3, -0.25) is 10.1 Å². The molecule has 0 amide bonds. The van der Waals surface area contributed by atoms with Crippen molar-refractivity contribution in [3.05, 3.63) is 53.6 Å². The molecule has 2 rings (SSSR count). The molecule has 7 heteroatoms. The van der Waals surface area contributed by atoms with Gasteiger partial charge in [0.1, 0.15) is 17.9 Å². The SMILES string of the molecule is COC(=O)[C@@H](NC(C)Cc1ccc(OC)cc1)C(O)c1ccc(O)c(O)c1. The number of carbonyl (C=O) groups excluding carboxylic acids is 1. The van der Waals surface area contributed by atoms with Crippen LogP contribution in [0.1, 0.15) is 24.2 Å². The number of benzene rings is 2. The number of hydrogen-bond donors (Lipinski definition) is 4. The summed E-state index contributed by atoms with van der Waals surface area (Å²) in [6, 6.07) is 10.3. The van der Waals surface area contributed by atoms with Crippen molar-refractivity contribution in [2.45, 2.75) is 31.5 Å². The first-order valence-electron chi connectivity index (χ1n) is 8.52. The Morgan fingerprint density at radius 1 is 1.07 bits per heavy atom. The van der Waals surface area contributed by atoms with Gasteiger partial charge in [0.05, 0.1) is 14.2 Å². The zero-order valence-corrected chi connectivity index (χ0v) is 15.5. The number of phenolic OH excluding ortho intramolecular Hbond substituents is 2. The quantitative estimate of drug-likeness (QED) is 0.412. The standard InChI is InChI=1S/C20H25NO6/c1-12(10-13-4-7-15(26-2)8-5-13)21-18(20(25)27-3)19(24)14-6-9-16(22)17(23)11-14/h4-9,11-12,18-19,21-24H,10H2,1-3H3/t12?,18-,19?/m0/s1. The van der Waals surface area contributed by atoms with Crippen LogP contribution in [0.4, 0.5) is 0 Å². The maximum absolute atomic E-state index is 12.2. The second-order valence-corrected chi connectivity index (χ2v) is 6.31. The van der Waals surface area contributed by atoms with E-state index in [1.807, 2.05) is 31.2 Å². The summed E-state index contributed by atoms with van der Waals surface area (Å²) in [6.45, 7) is 1.89. The number of aromatic hydroxyl groups is 2. The van der Waals surface area contributed by atoms with Crippen LogP contribution in [0.25, 0.3) is 0 Å². The number of carbonyl (C=O) groups is 1. The van der Waals surface area contributed by atoms with E-state index in [0.717, 1.165) is 11.3 Å². The average Bonchev–Trinajstić information content (AvgIpc) is 2.67. The van der Waals surface area contributed by atoms with Crippen LogP contribution in [0.15, 0.2) is 42.5 Å². The molecule has 0 aromatic heterocycles. The highest BCUT2D eigenvalue weighted by Gasteiger charge is 2.30. The van der Waals surface area contributed by atoms with Gasteiger partial charge in [0, 0.05) is 6.04 Å². The van der Waals surface area contributed by atoms with Crippen molar-refractivity contribution in [2.75, 3.05) is 14.2 Å². The molecule has 0 aliphatic rings. The van der Waals surface area contributed by atoms with E-state index in [1.165, 1.54) is 25.3 Å². The summed E-state index contributed by atoms with van der Waals surface area (Å²) in [5.41, 5.74) is 1.32. The molecule has 3 atom stereocenters. The Bertz CT molecular complexity index is 762. The van der Waals surface area contributed by atoms with Crippen LogP contribution in [-0.2, 0) is 16.0 Å². The van der Waals surface area contributed by atoms with E-state index in [2.05, 4.69) is 5.32 Å². The van der Waals surface area contributed by atoms with E-state index >= 15 is 0 Å². The Morgan fingerprint density at radius 2 is 1.74 bits per heavy atom. The lowest BCUT2D eigenvalue weighted by Gasteiger charge is -2.26. The molecule has 0 spiro atoms. The molecule has 146 valence electrons. The Hall–Kier alpha value is -2.77. The van der Waals surface area contributed by atoms with Gasteiger partial charge in [-0.05, 0) is 48.7 Å². The second kappa shape index (κ2) is 9.25. The minimum Gasteiger partial charge on any atom is -0.504 e. The molecule has 0 radical (unpaired) electrons. The lowest BCUT2D eigenvalue weighted by Crippen LogP contribution is -2.47. The van der Waals surface area contributed by atoms with Crippen LogP contribution in [-0.4, -0.2) is 47.6 Å². The monoisotopic (exact) mass is 375 g/mol. The van der Waals surface area contributed by atoms with Crippen molar-refractivity contribution in [1.29, 1.82) is 0 Å². The summed E-state index contributed by atoms with van der Waals surface area (Å²) in [6.07, 6.45) is -0.646. The first-order chi connectivity index (χ1) is 12.8. The van der Waals surface area contributed by atoms with E-state index in [1.54, 1.807) is 7.11 Å². The molecule has 0 bridgehead atoms. The lowest BCUT2D eigenvalue weighted by atomic mass is 9.99. The summed E-state index contributed by atoms with van der Waals surface area (Å²) < 4.78 is 9.94. The number of esters is 1. The van der Waals surface area contributed by atoms with E-state index in [0.29, 0.717) is 6.42 Å². The van der Waals surface area contributed by atoms with Crippen LogP contribution < -0.4 is 10.1 Å². The molecular weight excluding hydrogens is 350 g/mol. The third-order valence-corrected chi connectivity index (χ3v) is 4.28. The molecule has 2 aromatic rings. The molecule has 2 aromatic carbocycles. The highest BCUT2D eigenvalue weighted by molar-refractivity contribution is 5.76. The average molecular weight is 375 g/mol. The van der Waals surface area contributed by atoms with Gasteiger partial charge in [0.25, 0.3) is 0 Å². The van der Waals surface area contributed by atoms with Crippen LogP contribution in [0.2, 0.25) is 0 Å². The van der Waals surface area contributed by atoms with E-state index < -0.39 is 18.1 Å². The zero-order valence-electron chi connectivity index (χ0n) is 15.5. The Labute approximate surface area is 158 Å². The van der Waals surface area contributed by atoms with Gasteiger partial charge in [-0.25, -0.2) is 0 Å². The summed E-state index contributed by atoms with van der Waals surface area (Å²) in [5.74, 6) is -0.547. The Morgan fingerprint density at radius 3 is 2.30 bits per heavy atom. The van der Waals surface area contributed by atoms with Gasteiger partial charge in [-0.2, -0.15) is 0 Å². The van der Waals surface area contributed by atoms with Gasteiger partial charge in [0.15, 0.2) is 11.5 Å². The lowest BCUT2D eigenvalue weighted by molar-refractivity contribution is -0.146. The van der Waals surface area contributed by atoms with Gasteiger partial charge in [-0.1, -0.05) is 18.2 Å². The maximum Gasteiger partial charge on any atom is 0.325 e. The molecule has 4 N–H and O–H groups in total. The van der Waals surface area contributed by atoms with Gasteiger partial charge in [0.2, 0.25) is 0 Å². The number of aliphatic hydroxyl groups excluding tert-OH is 1. The number of methoxy groups -OCH3 is 2. The normalized spacial score (nSPS) is 14.2. The van der Waals surface area contributed by atoms with Crippen LogP contribution >= 0.6 is 0 Å². The molecule has 0 aliphatic heterocycles. The maximum atomic E-state index is 12.2. The summed E-state index contributed by atoms with van der Waals surface area (Å²) in [5, 5.41) is 32.7. The van der Waals surface area contributed by atoms with Crippen molar-refractivity contribution in [2.24, 2.45) is 0 Å². The summed E-state index contributed by atoms with van der Waals surface area (Å²) in [7, 11) is 2.84. The predicted octanol–water partition coefficient (Wildman–Crippen LogP) is 1.90. The van der Waals surface area contributed by atoms with Crippen LogP contribution in [0, 0.1) is 0 Å². The number of phenols is 2. The third-order valence-electron chi connectivity index (χ3n) is 4.28. The molecule has 27 heavy (non-hydrogen) atoms. The minimum atomic E-state index is -1.26. The largest absolute Gasteiger partial charge is 0.504 e. The molecule has 0 heterocycles. The highest BCUT2D eigenvalue weighted by Crippen LogP contribution is 2.29. The van der Waals surface area contributed by atoms with Gasteiger partial charge in [-0.15, -0.1) is 0 Å². The number of nitrogens with one attached hydrogen (secondary N) is 1. The first-order valence-corrected chi connectivity index (χ1v) is 8.52. The molecule has 0 saturated heterocycles. The van der Waals surface area contributed by atoms with Crippen molar-refractivity contribution >= 4 is 5.97 Å². The summed E-state index contributed by atoms with van der Waals surface area (Å²) in [4.78, 5) is 12.2. The molecular formula is C20H25NO6. The van der Waals surface area contributed by atoms with E-state index in [9.17, 15) is 20.1 Å². The van der Waals surface area contributed by atoms with Crippen LogP contribution in [0.3, 0.4) is 0 Å². The third kappa shape index (κ3) is 5.35. The molecule has 0 saturated carbocycles. The van der Waals surface area contributed by atoms with E-state index in [-0.39, 0.29) is 23.1 Å². The predicted molar refractivity (Wildman–Crippen MR) is 99.8 cm³/mol. The number of rotatable bonds is 8. The molecule has 0 aliphatic carbocycles. The van der Waals surface area contributed by atoms with Crippen molar-refractivity contribution in [1.82, 2.24) is 5.32 Å². The fourth-order valence-electron chi connectivity index (χ4n) is 2.81. The fourth-order valence-corrected chi connectivity index (χ4v) is 2.81. The number of hydrogen-bond acceptors (Lipinski definition) is 7. The molecule has 2 unspecified atom stereocenters. The fraction of sp³-hybridized carbons (Fsp3) is 0.350.